The quantitative estimate of drug-likeness (QED) is 0.661. The molecule has 25 heavy (non-hydrogen) atoms. The lowest BCUT2D eigenvalue weighted by Crippen LogP contribution is -2.36. The van der Waals surface area contributed by atoms with Gasteiger partial charge in [-0.25, -0.2) is 4.98 Å². The molecule has 1 fully saturated rings. The molecule has 1 aromatic heterocycles. The lowest BCUT2D eigenvalue weighted by Gasteiger charge is -2.16. The summed E-state index contributed by atoms with van der Waals surface area (Å²) >= 11 is 0. The predicted molar refractivity (Wildman–Crippen MR) is 88.7 cm³/mol. The van der Waals surface area contributed by atoms with Crippen molar-refractivity contribution in [3.05, 3.63) is 52.7 Å². The number of rotatable bonds is 5. The largest absolute Gasteiger partial charge is 0.481 e. The Morgan fingerprint density at radius 1 is 1.12 bits per heavy atom. The standard InChI is InChI=1S/C17H17N3O5/c21-17-15(3-1-2-10-18-17)24-13-5-7-14(8-6-13)25-16-9-4-12(11-19-16)20(22)23/h4-9,11,15H,1-3,10H2,(H,18,21)/t15-/m0/s1. The Morgan fingerprint density at radius 2 is 1.88 bits per heavy atom. The highest BCUT2D eigenvalue weighted by Crippen LogP contribution is 2.24. The summed E-state index contributed by atoms with van der Waals surface area (Å²) in [6, 6.07) is 9.54. The van der Waals surface area contributed by atoms with Crippen LogP contribution in [0.2, 0.25) is 0 Å². The van der Waals surface area contributed by atoms with Crippen LogP contribution in [0.15, 0.2) is 42.6 Å². The Labute approximate surface area is 143 Å². The zero-order chi connectivity index (χ0) is 17.6. The minimum absolute atomic E-state index is 0.0899. The number of aromatic nitrogens is 1. The average Bonchev–Trinajstić information content (AvgIpc) is 2.82. The molecule has 1 aliphatic heterocycles. The molecule has 2 heterocycles. The summed E-state index contributed by atoms with van der Waals surface area (Å²) in [5.74, 6) is 1.25. The summed E-state index contributed by atoms with van der Waals surface area (Å²) in [5, 5.41) is 13.4. The first kappa shape index (κ1) is 16.7. The molecular weight excluding hydrogens is 326 g/mol. The van der Waals surface area contributed by atoms with Crippen LogP contribution in [-0.4, -0.2) is 28.5 Å². The first-order chi connectivity index (χ1) is 12.1. The molecule has 0 radical (unpaired) electrons. The normalized spacial score (nSPS) is 17.3. The van der Waals surface area contributed by atoms with Gasteiger partial charge in [-0.3, -0.25) is 14.9 Å². The molecule has 3 rings (SSSR count). The number of carbonyl (C=O) groups is 1. The Bertz CT molecular complexity index is 746. The van der Waals surface area contributed by atoms with E-state index in [1.807, 2.05) is 0 Å². The van der Waals surface area contributed by atoms with Crippen LogP contribution in [0, 0.1) is 10.1 Å². The molecule has 130 valence electrons. The number of pyridine rings is 1. The van der Waals surface area contributed by atoms with Crippen molar-refractivity contribution < 1.29 is 19.2 Å². The van der Waals surface area contributed by atoms with Gasteiger partial charge in [-0.1, -0.05) is 0 Å². The fourth-order valence-corrected chi connectivity index (χ4v) is 2.44. The molecule has 0 saturated carbocycles. The lowest BCUT2D eigenvalue weighted by molar-refractivity contribution is -0.385. The molecule has 0 unspecified atom stereocenters. The Kier molecular flexibility index (Phi) is 5.08. The van der Waals surface area contributed by atoms with E-state index in [4.69, 9.17) is 9.47 Å². The van der Waals surface area contributed by atoms with E-state index in [2.05, 4.69) is 10.3 Å². The molecule has 0 spiro atoms. The van der Waals surface area contributed by atoms with Gasteiger partial charge in [0.15, 0.2) is 6.10 Å². The summed E-state index contributed by atoms with van der Waals surface area (Å²) in [4.78, 5) is 25.8. The van der Waals surface area contributed by atoms with Crippen molar-refractivity contribution in [2.24, 2.45) is 0 Å². The molecule has 1 atom stereocenters. The third kappa shape index (κ3) is 4.43. The second kappa shape index (κ2) is 7.61. The molecule has 1 aliphatic rings. The van der Waals surface area contributed by atoms with Gasteiger partial charge in [0.05, 0.1) is 4.92 Å². The zero-order valence-corrected chi connectivity index (χ0v) is 13.4. The van der Waals surface area contributed by atoms with Gasteiger partial charge in [0, 0.05) is 18.7 Å². The predicted octanol–water partition coefficient (Wildman–Crippen LogP) is 2.83. The topological polar surface area (TPSA) is 104 Å². The lowest BCUT2D eigenvalue weighted by atomic mass is 10.2. The smallest absolute Gasteiger partial charge is 0.287 e. The van der Waals surface area contributed by atoms with Crippen molar-refractivity contribution in [3.8, 4) is 17.4 Å². The van der Waals surface area contributed by atoms with E-state index in [0.29, 0.717) is 24.5 Å². The van der Waals surface area contributed by atoms with Crippen LogP contribution >= 0.6 is 0 Å². The second-order valence-corrected chi connectivity index (χ2v) is 5.58. The molecule has 1 aromatic carbocycles. The molecule has 1 saturated heterocycles. The summed E-state index contributed by atoms with van der Waals surface area (Å²) < 4.78 is 11.3. The SMILES string of the molecule is O=C1NCCCC[C@@H]1Oc1ccc(Oc2ccc([N+](=O)[O-])cn2)cc1. The van der Waals surface area contributed by atoms with Crippen molar-refractivity contribution in [2.45, 2.75) is 25.4 Å². The highest BCUT2D eigenvalue weighted by Gasteiger charge is 2.22. The maximum atomic E-state index is 11.9. The zero-order valence-electron chi connectivity index (χ0n) is 13.4. The van der Waals surface area contributed by atoms with Crippen LogP contribution in [0.5, 0.6) is 17.4 Å². The van der Waals surface area contributed by atoms with Gasteiger partial charge in [-0.15, -0.1) is 0 Å². The Balaban J connectivity index is 1.61. The minimum Gasteiger partial charge on any atom is -0.481 e. The summed E-state index contributed by atoms with van der Waals surface area (Å²) in [5.41, 5.74) is -0.0993. The van der Waals surface area contributed by atoms with E-state index in [0.717, 1.165) is 19.0 Å². The molecule has 2 aromatic rings. The highest BCUT2D eigenvalue weighted by atomic mass is 16.6. The number of hydrogen-bond donors (Lipinski definition) is 1. The van der Waals surface area contributed by atoms with Gasteiger partial charge in [0.2, 0.25) is 5.88 Å². The molecule has 1 amide bonds. The molecule has 8 heteroatoms. The van der Waals surface area contributed by atoms with Crippen LogP contribution in [0.1, 0.15) is 19.3 Å². The third-order valence-electron chi connectivity index (χ3n) is 3.74. The van der Waals surface area contributed by atoms with Crippen LogP contribution in [0.25, 0.3) is 0 Å². The van der Waals surface area contributed by atoms with Crippen molar-refractivity contribution in [1.29, 1.82) is 0 Å². The van der Waals surface area contributed by atoms with Crippen molar-refractivity contribution in [1.82, 2.24) is 10.3 Å². The number of nitrogens with one attached hydrogen (secondary N) is 1. The van der Waals surface area contributed by atoms with Crippen LogP contribution in [0.3, 0.4) is 0 Å². The van der Waals surface area contributed by atoms with E-state index in [9.17, 15) is 14.9 Å². The molecule has 8 nitrogen and oxygen atoms in total. The number of amides is 1. The molecular formula is C17H17N3O5. The summed E-state index contributed by atoms with van der Waals surface area (Å²) in [6.45, 7) is 0.688. The number of nitro groups is 1. The van der Waals surface area contributed by atoms with Crippen LogP contribution in [-0.2, 0) is 4.79 Å². The van der Waals surface area contributed by atoms with Gasteiger partial charge >= 0.3 is 0 Å². The van der Waals surface area contributed by atoms with E-state index in [1.54, 1.807) is 24.3 Å². The Morgan fingerprint density at radius 3 is 2.56 bits per heavy atom. The number of nitrogens with zero attached hydrogens (tertiary/aromatic N) is 2. The van der Waals surface area contributed by atoms with Crippen LogP contribution < -0.4 is 14.8 Å². The first-order valence-electron chi connectivity index (χ1n) is 7.94. The number of ether oxygens (including phenoxy) is 2. The van der Waals surface area contributed by atoms with E-state index < -0.39 is 11.0 Å². The second-order valence-electron chi connectivity index (χ2n) is 5.58. The number of benzene rings is 1. The van der Waals surface area contributed by atoms with Gasteiger partial charge in [-0.05, 0) is 43.5 Å². The van der Waals surface area contributed by atoms with Crippen molar-refractivity contribution >= 4 is 11.6 Å². The molecule has 1 N–H and O–H groups in total. The van der Waals surface area contributed by atoms with Gasteiger partial charge in [0.1, 0.15) is 17.7 Å². The maximum Gasteiger partial charge on any atom is 0.287 e. The highest BCUT2D eigenvalue weighted by molar-refractivity contribution is 5.81. The summed E-state index contributed by atoms with van der Waals surface area (Å²) in [6.07, 6.45) is 3.25. The van der Waals surface area contributed by atoms with Crippen LogP contribution in [0.4, 0.5) is 5.69 Å². The number of hydrogen-bond acceptors (Lipinski definition) is 6. The fraction of sp³-hybridized carbons (Fsp3) is 0.294. The molecule has 0 aliphatic carbocycles. The van der Waals surface area contributed by atoms with Crippen molar-refractivity contribution in [3.63, 3.8) is 0 Å². The van der Waals surface area contributed by atoms with Gasteiger partial charge in [-0.2, -0.15) is 0 Å². The van der Waals surface area contributed by atoms with Gasteiger partial charge in [0.25, 0.3) is 11.6 Å². The van der Waals surface area contributed by atoms with E-state index in [-0.39, 0.29) is 17.5 Å². The third-order valence-corrected chi connectivity index (χ3v) is 3.74. The minimum atomic E-state index is -0.521. The number of carbonyl (C=O) groups excluding carboxylic acids is 1. The first-order valence-corrected chi connectivity index (χ1v) is 7.94. The average molecular weight is 343 g/mol. The van der Waals surface area contributed by atoms with Crippen molar-refractivity contribution in [2.75, 3.05) is 6.54 Å². The monoisotopic (exact) mass is 343 g/mol. The Hall–Kier alpha value is -3.16. The molecule has 0 bridgehead atoms. The van der Waals surface area contributed by atoms with E-state index in [1.165, 1.54) is 12.1 Å². The maximum absolute atomic E-state index is 11.9. The fourth-order valence-electron chi connectivity index (χ4n) is 2.44. The summed E-state index contributed by atoms with van der Waals surface area (Å²) in [7, 11) is 0. The van der Waals surface area contributed by atoms with E-state index >= 15 is 0 Å². The van der Waals surface area contributed by atoms with Gasteiger partial charge < -0.3 is 14.8 Å².